The lowest BCUT2D eigenvalue weighted by Gasteiger charge is -2.32. The summed E-state index contributed by atoms with van der Waals surface area (Å²) < 4.78 is 27.2. The molecular formula is C20H27N3O5S. The molecule has 29 heavy (non-hydrogen) atoms. The normalized spacial score (nSPS) is 20.9. The van der Waals surface area contributed by atoms with Crippen LogP contribution in [0.5, 0.6) is 0 Å². The van der Waals surface area contributed by atoms with Crippen molar-refractivity contribution in [1.82, 2.24) is 14.5 Å². The summed E-state index contributed by atoms with van der Waals surface area (Å²) in [5.74, 6) is -0.651. The van der Waals surface area contributed by atoms with E-state index in [0.29, 0.717) is 31.6 Å². The predicted octanol–water partition coefficient (Wildman–Crippen LogP) is 1.52. The summed E-state index contributed by atoms with van der Waals surface area (Å²) >= 11 is 0. The minimum Gasteiger partial charge on any atom is -0.352 e. The highest BCUT2D eigenvalue weighted by Gasteiger charge is 2.31. The molecule has 2 aliphatic heterocycles. The Kier molecular flexibility index (Phi) is 6.69. The molecule has 3 rings (SSSR count). The van der Waals surface area contributed by atoms with Gasteiger partial charge in [0, 0.05) is 44.1 Å². The maximum atomic E-state index is 12.8. The molecule has 1 aromatic carbocycles. The fourth-order valence-corrected chi connectivity index (χ4v) is 5.46. The number of likely N-dealkylation sites (tertiary alicyclic amines) is 1. The van der Waals surface area contributed by atoms with Crippen LogP contribution in [0.25, 0.3) is 0 Å². The van der Waals surface area contributed by atoms with E-state index in [0.717, 1.165) is 19.3 Å². The molecule has 2 aliphatic rings. The number of imide groups is 1. The van der Waals surface area contributed by atoms with Crippen LogP contribution in [-0.2, 0) is 19.6 Å². The molecule has 1 unspecified atom stereocenters. The molecule has 0 saturated carbocycles. The third kappa shape index (κ3) is 4.84. The molecule has 2 fully saturated rings. The van der Waals surface area contributed by atoms with Crippen LogP contribution in [0.15, 0.2) is 29.2 Å². The van der Waals surface area contributed by atoms with Gasteiger partial charge in [0.05, 0.1) is 4.90 Å². The van der Waals surface area contributed by atoms with Gasteiger partial charge in [-0.15, -0.1) is 0 Å². The number of benzene rings is 1. The predicted molar refractivity (Wildman–Crippen MR) is 107 cm³/mol. The topological polar surface area (TPSA) is 104 Å². The SMILES string of the molecule is CC1CCCCN1S(=O)(=O)c1ccc(C(=O)NCCCN2C(=O)CCC2=O)cc1. The van der Waals surface area contributed by atoms with Gasteiger partial charge in [-0.05, 0) is 50.5 Å². The first-order chi connectivity index (χ1) is 13.8. The molecule has 1 N–H and O–H groups in total. The Morgan fingerprint density at radius 1 is 1.10 bits per heavy atom. The van der Waals surface area contributed by atoms with E-state index in [1.54, 1.807) is 0 Å². The third-order valence-corrected chi connectivity index (χ3v) is 7.49. The molecule has 158 valence electrons. The molecule has 0 radical (unpaired) electrons. The fraction of sp³-hybridized carbons (Fsp3) is 0.550. The highest BCUT2D eigenvalue weighted by atomic mass is 32.2. The van der Waals surface area contributed by atoms with Crippen LogP contribution in [0.3, 0.4) is 0 Å². The van der Waals surface area contributed by atoms with E-state index in [1.807, 2.05) is 6.92 Å². The zero-order valence-corrected chi connectivity index (χ0v) is 17.4. The van der Waals surface area contributed by atoms with Crippen molar-refractivity contribution in [3.63, 3.8) is 0 Å². The number of amides is 3. The van der Waals surface area contributed by atoms with E-state index in [4.69, 9.17) is 0 Å². The fourth-order valence-electron chi connectivity index (χ4n) is 3.76. The number of carbonyl (C=O) groups excluding carboxylic acids is 3. The van der Waals surface area contributed by atoms with Crippen LogP contribution in [0.4, 0.5) is 0 Å². The van der Waals surface area contributed by atoms with E-state index in [2.05, 4.69) is 5.32 Å². The van der Waals surface area contributed by atoms with Crippen LogP contribution >= 0.6 is 0 Å². The summed E-state index contributed by atoms with van der Waals surface area (Å²) in [6, 6.07) is 5.92. The Hall–Kier alpha value is -2.26. The quantitative estimate of drug-likeness (QED) is 0.531. The molecule has 0 bridgehead atoms. The standard InChI is InChI=1S/C20H27N3O5S/c1-15-5-2-3-14-23(15)29(27,28)17-8-6-16(7-9-17)20(26)21-12-4-13-22-18(24)10-11-19(22)25/h6-9,15H,2-5,10-14H2,1H3,(H,21,26). The van der Waals surface area contributed by atoms with Gasteiger partial charge in [-0.25, -0.2) is 8.42 Å². The summed E-state index contributed by atoms with van der Waals surface area (Å²) in [5, 5.41) is 2.73. The van der Waals surface area contributed by atoms with Crippen molar-refractivity contribution in [2.45, 2.75) is 56.4 Å². The monoisotopic (exact) mass is 421 g/mol. The van der Waals surface area contributed by atoms with Crippen LogP contribution in [0.1, 0.15) is 55.8 Å². The summed E-state index contributed by atoms with van der Waals surface area (Å²) in [6.45, 7) is 3.06. The maximum absolute atomic E-state index is 12.8. The Morgan fingerprint density at radius 2 is 1.76 bits per heavy atom. The minimum atomic E-state index is -3.56. The first kappa shape index (κ1) is 21.4. The van der Waals surface area contributed by atoms with Crippen molar-refractivity contribution in [2.75, 3.05) is 19.6 Å². The van der Waals surface area contributed by atoms with Gasteiger partial charge >= 0.3 is 0 Å². The molecule has 3 amide bonds. The second-order valence-corrected chi connectivity index (χ2v) is 9.42. The zero-order valence-electron chi connectivity index (χ0n) is 16.6. The van der Waals surface area contributed by atoms with Crippen molar-refractivity contribution in [1.29, 1.82) is 0 Å². The lowest BCUT2D eigenvalue weighted by atomic mass is 10.1. The average Bonchev–Trinajstić information content (AvgIpc) is 3.03. The van der Waals surface area contributed by atoms with E-state index in [1.165, 1.54) is 33.5 Å². The van der Waals surface area contributed by atoms with Gasteiger partial charge in [-0.2, -0.15) is 4.31 Å². The number of nitrogens with zero attached hydrogens (tertiary/aromatic N) is 2. The summed E-state index contributed by atoms with van der Waals surface area (Å²) in [4.78, 5) is 36.8. The van der Waals surface area contributed by atoms with Crippen molar-refractivity contribution in [2.24, 2.45) is 0 Å². The van der Waals surface area contributed by atoms with Crippen LogP contribution < -0.4 is 5.32 Å². The highest BCUT2D eigenvalue weighted by Crippen LogP contribution is 2.25. The van der Waals surface area contributed by atoms with Crippen molar-refractivity contribution in [3.8, 4) is 0 Å². The Labute approximate surface area is 171 Å². The smallest absolute Gasteiger partial charge is 0.251 e. The molecule has 2 saturated heterocycles. The number of piperidine rings is 1. The average molecular weight is 422 g/mol. The molecule has 1 aromatic rings. The van der Waals surface area contributed by atoms with Gasteiger partial charge in [-0.1, -0.05) is 6.42 Å². The molecular weight excluding hydrogens is 394 g/mol. The molecule has 2 heterocycles. The van der Waals surface area contributed by atoms with Crippen molar-refractivity contribution < 1.29 is 22.8 Å². The number of rotatable bonds is 7. The lowest BCUT2D eigenvalue weighted by Crippen LogP contribution is -2.41. The molecule has 1 atom stereocenters. The molecule has 9 heteroatoms. The van der Waals surface area contributed by atoms with Gasteiger partial charge in [0.2, 0.25) is 21.8 Å². The van der Waals surface area contributed by atoms with Crippen LogP contribution in [0.2, 0.25) is 0 Å². The number of nitrogens with one attached hydrogen (secondary N) is 1. The van der Waals surface area contributed by atoms with E-state index in [9.17, 15) is 22.8 Å². The Morgan fingerprint density at radius 3 is 2.38 bits per heavy atom. The minimum absolute atomic E-state index is 0.0221. The molecule has 0 aromatic heterocycles. The van der Waals surface area contributed by atoms with Gasteiger partial charge in [-0.3, -0.25) is 19.3 Å². The molecule has 8 nitrogen and oxygen atoms in total. The van der Waals surface area contributed by atoms with E-state index >= 15 is 0 Å². The lowest BCUT2D eigenvalue weighted by molar-refractivity contribution is -0.138. The zero-order chi connectivity index (χ0) is 21.0. The highest BCUT2D eigenvalue weighted by molar-refractivity contribution is 7.89. The maximum Gasteiger partial charge on any atom is 0.251 e. The summed E-state index contributed by atoms with van der Waals surface area (Å²) in [6.07, 6.45) is 3.75. The van der Waals surface area contributed by atoms with Crippen molar-refractivity contribution in [3.05, 3.63) is 29.8 Å². The van der Waals surface area contributed by atoms with E-state index in [-0.39, 0.29) is 41.5 Å². The van der Waals surface area contributed by atoms with Gasteiger partial charge in [0.15, 0.2) is 0 Å². The number of carbonyl (C=O) groups is 3. The second kappa shape index (κ2) is 9.04. The van der Waals surface area contributed by atoms with Crippen LogP contribution in [0, 0.1) is 0 Å². The molecule has 0 aliphatic carbocycles. The molecule has 0 spiro atoms. The van der Waals surface area contributed by atoms with Gasteiger partial charge in [0.25, 0.3) is 5.91 Å². The van der Waals surface area contributed by atoms with Gasteiger partial charge < -0.3 is 5.32 Å². The summed E-state index contributed by atoms with van der Waals surface area (Å²) in [7, 11) is -3.56. The van der Waals surface area contributed by atoms with Crippen molar-refractivity contribution >= 4 is 27.7 Å². The van der Waals surface area contributed by atoms with Crippen LogP contribution in [-0.4, -0.2) is 61.0 Å². The largest absolute Gasteiger partial charge is 0.352 e. The first-order valence-corrected chi connectivity index (χ1v) is 11.5. The number of sulfonamides is 1. The second-order valence-electron chi connectivity index (χ2n) is 7.53. The number of hydrogen-bond donors (Lipinski definition) is 1. The Balaban J connectivity index is 1.53. The first-order valence-electron chi connectivity index (χ1n) is 10.0. The Bertz CT molecular complexity index is 866. The van der Waals surface area contributed by atoms with Gasteiger partial charge in [0.1, 0.15) is 0 Å². The number of hydrogen-bond acceptors (Lipinski definition) is 5. The summed E-state index contributed by atoms with van der Waals surface area (Å²) in [5.41, 5.74) is 0.365. The third-order valence-electron chi connectivity index (χ3n) is 5.46. The van der Waals surface area contributed by atoms with E-state index < -0.39 is 10.0 Å².